The molecular weight excluding hydrogens is 227 g/mol. The first-order valence-electron chi connectivity index (χ1n) is 4.79. The highest BCUT2D eigenvalue weighted by atomic mass is 32.2. The smallest absolute Gasteiger partial charge is 0.389 e. The van der Waals surface area contributed by atoms with Crippen molar-refractivity contribution in [2.75, 3.05) is 18.8 Å². The molecule has 0 aliphatic rings. The predicted molar refractivity (Wildman–Crippen MR) is 56.8 cm³/mol. The lowest BCUT2D eigenvalue weighted by Gasteiger charge is -2.27. The first-order valence-corrected chi connectivity index (χ1v) is 5.77. The van der Waals surface area contributed by atoms with Gasteiger partial charge in [-0.3, -0.25) is 0 Å². The Morgan fingerprint density at radius 3 is 2.27 bits per heavy atom. The van der Waals surface area contributed by atoms with Crippen molar-refractivity contribution in [3.05, 3.63) is 0 Å². The van der Waals surface area contributed by atoms with Gasteiger partial charge >= 0.3 is 5.51 Å². The summed E-state index contributed by atoms with van der Waals surface area (Å²) in [6.07, 6.45) is 0. The normalized spacial score (nSPS) is 16.8. The third-order valence-electron chi connectivity index (χ3n) is 2.27. The van der Waals surface area contributed by atoms with E-state index in [1.807, 2.05) is 13.8 Å². The van der Waals surface area contributed by atoms with Crippen LogP contribution in [0.2, 0.25) is 0 Å². The van der Waals surface area contributed by atoms with Gasteiger partial charge in [-0.2, -0.15) is 13.2 Å². The molecule has 0 aliphatic heterocycles. The molecule has 0 aromatic rings. The first kappa shape index (κ1) is 15.1. The van der Waals surface area contributed by atoms with Crippen molar-refractivity contribution in [2.45, 2.75) is 31.9 Å². The summed E-state index contributed by atoms with van der Waals surface area (Å²) in [5.74, 6) is 0.0396. The molecule has 0 aromatic heterocycles. The van der Waals surface area contributed by atoms with E-state index >= 15 is 0 Å². The van der Waals surface area contributed by atoms with Gasteiger partial charge in [0.1, 0.15) is 0 Å². The molecule has 0 amide bonds. The third kappa shape index (κ3) is 7.93. The van der Waals surface area contributed by atoms with Crippen LogP contribution in [0.4, 0.5) is 13.2 Å². The van der Waals surface area contributed by atoms with Crippen LogP contribution >= 0.6 is 11.8 Å². The average molecular weight is 245 g/mol. The minimum Gasteiger partial charge on any atom is -0.389 e. The van der Waals surface area contributed by atoms with Crippen LogP contribution in [0.25, 0.3) is 0 Å². The van der Waals surface area contributed by atoms with Crippen molar-refractivity contribution in [2.24, 2.45) is 5.92 Å². The van der Waals surface area contributed by atoms with Crippen LogP contribution in [-0.4, -0.2) is 35.1 Å². The fourth-order valence-corrected chi connectivity index (χ4v) is 1.26. The maximum Gasteiger partial charge on any atom is 0.441 e. The molecule has 0 fully saturated rings. The SMILES string of the molecule is CC(C)C(C)(O)CNCCSC(F)(F)F. The van der Waals surface area contributed by atoms with Gasteiger partial charge in [0.15, 0.2) is 0 Å². The van der Waals surface area contributed by atoms with Crippen molar-refractivity contribution in [3.8, 4) is 0 Å². The minimum atomic E-state index is -4.16. The number of aliphatic hydroxyl groups is 1. The van der Waals surface area contributed by atoms with Crippen molar-refractivity contribution >= 4 is 11.8 Å². The lowest BCUT2D eigenvalue weighted by atomic mass is 9.93. The van der Waals surface area contributed by atoms with Crippen LogP contribution in [-0.2, 0) is 0 Å². The predicted octanol–water partition coefficient (Wildman–Crippen LogP) is 2.24. The molecule has 1 unspecified atom stereocenters. The summed E-state index contributed by atoms with van der Waals surface area (Å²) in [5.41, 5.74) is -5.04. The van der Waals surface area contributed by atoms with Crippen LogP contribution in [0, 0.1) is 5.92 Å². The molecule has 0 radical (unpaired) electrons. The molecule has 15 heavy (non-hydrogen) atoms. The quantitative estimate of drug-likeness (QED) is 0.704. The molecule has 2 nitrogen and oxygen atoms in total. The molecule has 0 aromatic carbocycles. The standard InChI is InChI=1S/C9H18F3NOS/c1-7(2)8(3,14)6-13-4-5-15-9(10,11)12/h7,13-14H,4-6H2,1-3H3. The zero-order valence-corrected chi connectivity index (χ0v) is 10.0. The Morgan fingerprint density at radius 2 is 1.87 bits per heavy atom. The van der Waals surface area contributed by atoms with Gasteiger partial charge < -0.3 is 10.4 Å². The van der Waals surface area contributed by atoms with Crippen LogP contribution in [0.3, 0.4) is 0 Å². The number of nitrogens with one attached hydrogen (secondary N) is 1. The molecule has 0 heterocycles. The molecule has 0 aliphatic carbocycles. The van der Waals surface area contributed by atoms with E-state index in [4.69, 9.17) is 0 Å². The van der Waals surface area contributed by atoms with Crippen molar-refractivity contribution in [1.29, 1.82) is 0 Å². The third-order valence-corrected chi connectivity index (χ3v) is 3.01. The van der Waals surface area contributed by atoms with Crippen LogP contribution in [0.5, 0.6) is 0 Å². The second kappa shape index (κ2) is 5.96. The number of halogens is 3. The second-order valence-electron chi connectivity index (χ2n) is 3.98. The van der Waals surface area contributed by atoms with E-state index in [0.29, 0.717) is 6.54 Å². The zero-order chi connectivity index (χ0) is 12.1. The highest BCUT2D eigenvalue weighted by molar-refractivity contribution is 8.00. The molecule has 6 heteroatoms. The van der Waals surface area contributed by atoms with E-state index in [1.54, 1.807) is 6.92 Å². The number of rotatable bonds is 6. The summed E-state index contributed by atoms with van der Waals surface area (Å²) in [6, 6.07) is 0. The van der Waals surface area contributed by atoms with Gasteiger partial charge in [-0.25, -0.2) is 0 Å². The zero-order valence-electron chi connectivity index (χ0n) is 9.19. The molecule has 0 saturated carbocycles. The van der Waals surface area contributed by atoms with Crippen LogP contribution < -0.4 is 5.32 Å². The van der Waals surface area contributed by atoms with Crippen LogP contribution in [0.1, 0.15) is 20.8 Å². The summed E-state index contributed by atoms with van der Waals surface area (Å²) >= 11 is -0.0516. The lowest BCUT2D eigenvalue weighted by Crippen LogP contribution is -2.42. The molecule has 0 bridgehead atoms. The Kier molecular flexibility index (Phi) is 5.98. The fourth-order valence-electron chi connectivity index (χ4n) is 0.785. The largest absolute Gasteiger partial charge is 0.441 e. The average Bonchev–Trinajstić information content (AvgIpc) is 2.00. The van der Waals surface area contributed by atoms with Gasteiger partial charge in [-0.05, 0) is 24.6 Å². The highest BCUT2D eigenvalue weighted by Gasteiger charge is 2.28. The minimum absolute atomic E-state index is 0.0301. The number of alkyl halides is 3. The fraction of sp³-hybridized carbons (Fsp3) is 1.00. The number of hydrogen-bond acceptors (Lipinski definition) is 3. The monoisotopic (exact) mass is 245 g/mol. The maximum atomic E-state index is 11.7. The second-order valence-corrected chi connectivity index (χ2v) is 5.14. The van der Waals surface area contributed by atoms with E-state index in [-0.39, 0.29) is 30.0 Å². The van der Waals surface area contributed by atoms with Crippen molar-refractivity contribution < 1.29 is 18.3 Å². The van der Waals surface area contributed by atoms with E-state index in [1.165, 1.54) is 0 Å². The Bertz CT molecular complexity index is 183. The summed E-state index contributed by atoms with van der Waals surface area (Å²) in [5, 5.41) is 12.6. The molecule has 0 rings (SSSR count). The van der Waals surface area contributed by atoms with Gasteiger partial charge in [0.05, 0.1) is 5.60 Å². The van der Waals surface area contributed by atoms with Gasteiger partial charge in [0.2, 0.25) is 0 Å². The molecule has 0 spiro atoms. The summed E-state index contributed by atoms with van der Waals surface area (Å²) < 4.78 is 35.2. The van der Waals surface area contributed by atoms with E-state index in [2.05, 4.69) is 5.32 Å². The lowest BCUT2D eigenvalue weighted by molar-refractivity contribution is -0.0327. The van der Waals surface area contributed by atoms with E-state index < -0.39 is 11.1 Å². The molecule has 92 valence electrons. The first-order chi connectivity index (χ1) is 6.65. The van der Waals surface area contributed by atoms with Crippen molar-refractivity contribution in [1.82, 2.24) is 5.32 Å². The van der Waals surface area contributed by atoms with Crippen LogP contribution in [0.15, 0.2) is 0 Å². The Hall–Kier alpha value is 0.0600. The summed E-state index contributed by atoms with van der Waals surface area (Å²) in [6.45, 7) is 5.95. The van der Waals surface area contributed by atoms with Gasteiger partial charge in [0, 0.05) is 18.8 Å². The Labute approximate surface area is 92.6 Å². The van der Waals surface area contributed by atoms with E-state index in [0.717, 1.165) is 0 Å². The summed E-state index contributed by atoms with van der Waals surface area (Å²) in [4.78, 5) is 0. The molecule has 0 saturated heterocycles. The van der Waals surface area contributed by atoms with Gasteiger partial charge in [0.25, 0.3) is 0 Å². The Morgan fingerprint density at radius 1 is 1.33 bits per heavy atom. The topological polar surface area (TPSA) is 32.3 Å². The van der Waals surface area contributed by atoms with E-state index in [9.17, 15) is 18.3 Å². The number of thioether (sulfide) groups is 1. The van der Waals surface area contributed by atoms with Crippen molar-refractivity contribution in [3.63, 3.8) is 0 Å². The highest BCUT2D eigenvalue weighted by Crippen LogP contribution is 2.29. The van der Waals surface area contributed by atoms with Gasteiger partial charge in [-0.1, -0.05) is 13.8 Å². The Balaban J connectivity index is 3.55. The molecular formula is C9H18F3NOS. The van der Waals surface area contributed by atoms with Gasteiger partial charge in [-0.15, -0.1) is 0 Å². The number of hydrogen-bond donors (Lipinski definition) is 2. The molecule has 2 N–H and O–H groups in total. The summed E-state index contributed by atoms with van der Waals surface area (Å²) in [7, 11) is 0. The molecule has 1 atom stereocenters. The maximum absolute atomic E-state index is 11.7.